The number of nitrogens with zero attached hydrogens (tertiary/aromatic N) is 2. The second-order valence-corrected chi connectivity index (χ2v) is 11.4. The molecule has 0 radical (unpaired) electrons. The lowest BCUT2D eigenvalue weighted by Crippen LogP contribution is -2.29. The third-order valence-electron chi connectivity index (χ3n) is 6.31. The number of rotatable bonds is 7. The quantitative estimate of drug-likeness (QED) is 0.268. The fourth-order valence-electron chi connectivity index (χ4n) is 4.58. The van der Waals surface area contributed by atoms with Crippen LogP contribution in [0.15, 0.2) is 77.3 Å². The van der Waals surface area contributed by atoms with Crippen molar-refractivity contribution in [2.45, 2.75) is 19.0 Å². The molecular weight excluding hydrogens is 544 g/mol. The predicted octanol–water partition coefficient (Wildman–Crippen LogP) is 5.86. The molecule has 0 amide bonds. The van der Waals surface area contributed by atoms with Gasteiger partial charge in [0.25, 0.3) is 0 Å². The van der Waals surface area contributed by atoms with E-state index in [2.05, 4.69) is 15.0 Å². The first kappa shape index (κ1) is 26.0. The van der Waals surface area contributed by atoms with Crippen LogP contribution in [-0.2, 0) is 10.0 Å². The number of pyridine rings is 1. The molecule has 11 heteroatoms. The first-order valence-electron chi connectivity index (χ1n) is 11.7. The largest absolute Gasteiger partial charge is 0.495 e. The summed E-state index contributed by atoms with van der Waals surface area (Å²) in [5.74, 6) is 1.70. The van der Waals surface area contributed by atoms with Crippen LogP contribution in [-0.4, -0.2) is 31.9 Å². The summed E-state index contributed by atoms with van der Waals surface area (Å²) >= 11 is 12.2. The van der Waals surface area contributed by atoms with Crippen molar-refractivity contribution in [2.24, 2.45) is 0 Å². The Morgan fingerprint density at radius 2 is 1.95 bits per heavy atom. The number of sulfonamides is 1. The lowest BCUT2D eigenvalue weighted by atomic mass is 10.0. The molecule has 1 saturated heterocycles. The molecule has 5 rings (SSSR count). The number of halogens is 1. The third kappa shape index (κ3) is 5.07. The van der Waals surface area contributed by atoms with Crippen molar-refractivity contribution in [2.75, 3.05) is 23.0 Å². The number of hydrogen-bond donors (Lipinski definition) is 2. The van der Waals surface area contributed by atoms with Gasteiger partial charge in [0.1, 0.15) is 23.3 Å². The average molecular weight is 569 g/mol. The van der Waals surface area contributed by atoms with E-state index < -0.39 is 16.1 Å². The van der Waals surface area contributed by atoms with Crippen molar-refractivity contribution in [3.63, 3.8) is 0 Å². The van der Waals surface area contributed by atoms with Crippen molar-refractivity contribution >= 4 is 50.3 Å². The molecule has 4 aromatic rings. The maximum absolute atomic E-state index is 12.0. The van der Waals surface area contributed by atoms with E-state index in [0.29, 0.717) is 38.8 Å². The number of aromatic nitrogens is 1. The highest BCUT2D eigenvalue weighted by atomic mass is 35.5. The molecular formula is C27H25ClN4O4S2. The molecule has 0 unspecified atom stereocenters. The Labute approximate surface area is 231 Å². The van der Waals surface area contributed by atoms with Crippen LogP contribution >= 0.6 is 23.8 Å². The summed E-state index contributed by atoms with van der Waals surface area (Å²) < 4.78 is 38.4. The van der Waals surface area contributed by atoms with E-state index in [1.165, 1.54) is 7.11 Å². The SMILES string of the molecule is COc1ccc(N2C(=S)N[C@H](c3ccccn3)[C@@H]2c2ccc(-c3cccc(Cl)c3C)o2)cc1NS(C)(=O)=O. The average Bonchev–Trinajstić information content (AvgIpc) is 3.50. The minimum absolute atomic E-state index is 0.296. The molecule has 8 nitrogen and oxygen atoms in total. The molecule has 0 saturated carbocycles. The van der Waals surface area contributed by atoms with E-state index in [4.69, 9.17) is 33.0 Å². The summed E-state index contributed by atoms with van der Waals surface area (Å²) in [7, 11) is -2.08. The molecule has 3 heterocycles. The molecule has 2 aromatic carbocycles. The van der Waals surface area contributed by atoms with E-state index in [-0.39, 0.29) is 6.04 Å². The number of methoxy groups -OCH3 is 1. The fraction of sp³-hybridized carbons (Fsp3) is 0.185. The van der Waals surface area contributed by atoms with E-state index in [1.807, 2.05) is 66.4 Å². The summed E-state index contributed by atoms with van der Waals surface area (Å²) in [5.41, 5.74) is 3.53. The van der Waals surface area contributed by atoms with E-state index in [0.717, 1.165) is 23.1 Å². The summed E-state index contributed by atoms with van der Waals surface area (Å²) in [6.07, 6.45) is 2.81. The van der Waals surface area contributed by atoms with E-state index in [1.54, 1.807) is 18.3 Å². The summed E-state index contributed by atoms with van der Waals surface area (Å²) in [6.45, 7) is 1.95. The third-order valence-corrected chi connectivity index (χ3v) is 7.62. The number of anilines is 2. The van der Waals surface area contributed by atoms with E-state index in [9.17, 15) is 8.42 Å². The Morgan fingerprint density at radius 1 is 1.13 bits per heavy atom. The van der Waals surface area contributed by atoms with Gasteiger partial charge in [-0.1, -0.05) is 29.8 Å². The summed E-state index contributed by atoms with van der Waals surface area (Å²) in [5, 5.41) is 4.47. The maximum atomic E-state index is 12.0. The van der Waals surface area contributed by atoms with Gasteiger partial charge in [-0.25, -0.2) is 8.42 Å². The van der Waals surface area contributed by atoms with Crippen LogP contribution in [0.3, 0.4) is 0 Å². The molecule has 2 atom stereocenters. The van der Waals surface area contributed by atoms with Crippen molar-refractivity contribution in [1.29, 1.82) is 0 Å². The zero-order valence-electron chi connectivity index (χ0n) is 20.8. The minimum Gasteiger partial charge on any atom is -0.495 e. The maximum Gasteiger partial charge on any atom is 0.229 e. The number of ether oxygens (including phenoxy) is 1. The smallest absolute Gasteiger partial charge is 0.229 e. The van der Waals surface area contributed by atoms with Gasteiger partial charge in [0.2, 0.25) is 10.0 Å². The van der Waals surface area contributed by atoms with Crippen molar-refractivity contribution < 1.29 is 17.6 Å². The summed E-state index contributed by atoms with van der Waals surface area (Å²) in [6, 6.07) is 19.6. The van der Waals surface area contributed by atoms with Crippen LogP contribution in [0, 0.1) is 6.92 Å². The molecule has 38 heavy (non-hydrogen) atoms. The van der Waals surface area contributed by atoms with Crippen LogP contribution in [0.2, 0.25) is 5.02 Å². The lowest BCUT2D eigenvalue weighted by Gasteiger charge is -2.27. The number of nitrogens with one attached hydrogen (secondary N) is 2. The highest BCUT2D eigenvalue weighted by Crippen LogP contribution is 2.44. The van der Waals surface area contributed by atoms with Crippen LogP contribution in [0.5, 0.6) is 5.75 Å². The molecule has 196 valence electrons. The zero-order chi connectivity index (χ0) is 27.0. The molecule has 1 aliphatic rings. The molecule has 1 fully saturated rings. The Kier molecular flexibility index (Phi) is 7.04. The minimum atomic E-state index is -3.55. The highest BCUT2D eigenvalue weighted by molar-refractivity contribution is 7.92. The second-order valence-electron chi connectivity index (χ2n) is 8.87. The van der Waals surface area contributed by atoms with Crippen LogP contribution < -0.4 is 19.7 Å². The first-order valence-corrected chi connectivity index (χ1v) is 14.4. The number of thiocarbonyl (C=S) groups is 1. The number of benzene rings is 2. The van der Waals surface area contributed by atoms with Crippen molar-refractivity contribution in [1.82, 2.24) is 10.3 Å². The number of hydrogen-bond acceptors (Lipinski definition) is 6. The molecule has 2 aromatic heterocycles. The van der Waals surface area contributed by atoms with Crippen molar-refractivity contribution in [3.05, 3.63) is 95.0 Å². The Hall–Kier alpha value is -3.60. The highest BCUT2D eigenvalue weighted by Gasteiger charge is 2.43. The van der Waals surface area contributed by atoms with Gasteiger partial charge in [0.05, 0.1) is 30.8 Å². The standard InChI is InChI=1S/C27H25ClN4O4S2/c1-16-18(7-6-8-19(16)28)22-12-13-24(36-22)26-25(20-9-4-5-14-29-20)30-27(37)32(26)17-10-11-23(35-2)21(15-17)31-38(3,33)34/h4-15,25-26,31H,1-3H3,(H,30,37)/t25-,26+/m1/s1. The topological polar surface area (TPSA) is 96.7 Å². The zero-order valence-corrected chi connectivity index (χ0v) is 23.2. The van der Waals surface area contributed by atoms with E-state index >= 15 is 0 Å². The van der Waals surface area contributed by atoms with Gasteiger partial charge in [-0.15, -0.1) is 0 Å². The number of furan rings is 1. The van der Waals surface area contributed by atoms with Gasteiger partial charge in [0.15, 0.2) is 5.11 Å². The van der Waals surface area contributed by atoms with Gasteiger partial charge in [0, 0.05) is 22.5 Å². The molecule has 1 aliphatic heterocycles. The Balaban J connectivity index is 1.63. The lowest BCUT2D eigenvalue weighted by molar-refractivity contribution is 0.416. The fourth-order valence-corrected chi connectivity index (χ4v) is 5.66. The molecule has 0 bridgehead atoms. The summed E-state index contributed by atoms with van der Waals surface area (Å²) in [4.78, 5) is 6.46. The Morgan fingerprint density at radius 3 is 2.66 bits per heavy atom. The molecule has 2 N–H and O–H groups in total. The Bertz CT molecular complexity index is 1610. The van der Waals surface area contributed by atoms with Gasteiger partial charge in [-0.2, -0.15) is 0 Å². The van der Waals surface area contributed by atoms with Gasteiger partial charge in [-0.05, 0) is 73.2 Å². The van der Waals surface area contributed by atoms with Crippen LogP contribution in [0.4, 0.5) is 11.4 Å². The molecule has 0 spiro atoms. The predicted molar refractivity (Wildman–Crippen MR) is 153 cm³/mol. The van der Waals surface area contributed by atoms with Gasteiger partial charge >= 0.3 is 0 Å². The molecule has 0 aliphatic carbocycles. The van der Waals surface area contributed by atoms with Crippen LogP contribution in [0.25, 0.3) is 11.3 Å². The van der Waals surface area contributed by atoms with Gasteiger partial charge < -0.3 is 19.4 Å². The van der Waals surface area contributed by atoms with Gasteiger partial charge in [-0.3, -0.25) is 9.71 Å². The first-order chi connectivity index (χ1) is 18.2. The normalized spacial score (nSPS) is 17.4. The second kappa shape index (κ2) is 10.3. The monoisotopic (exact) mass is 568 g/mol. The van der Waals surface area contributed by atoms with Crippen LogP contribution in [0.1, 0.15) is 29.1 Å². The van der Waals surface area contributed by atoms with Crippen molar-refractivity contribution in [3.8, 4) is 17.1 Å².